The summed E-state index contributed by atoms with van der Waals surface area (Å²) in [5.74, 6) is -0.603. The Morgan fingerprint density at radius 1 is 1.53 bits per heavy atom. The number of aliphatic hydroxyl groups excluding tert-OH is 1. The van der Waals surface area contributed by atoms with E-state index in [1.54, 1.807) is 0 Å². The largest absolute Gasteiger partial charge is 0.481 e. The fourth-order valence-electron chi connectivity index (χ4n) is 1.12. The van der Waals surface area contributed by atoms with Gasteiger partial charge in [-0.15, -0.1) is 0 Å². The topological polar surface area (TPSA) is 103 Å². The molecule has 6 heteroatoms. The van der Waals surface area contributed by atoms with Crippen molar-refractivity contribution in [1.29, 1.82) is 0 Å². The molecule has 0 saturated heterocycles. The Labute approximate surface area is 85.6 Å². The molecule has 0 aliphatic rings. The summed E-state index contributed by atoms with van der Waals surface area (Å²) in [7, 11) is 0. The number of H-pyrrole nitrogens is 1. The van der Waals surface area contributed by atoms with E-state index < -0.39 is 11.5 Å². The van der Waals surface area contributed by atoms with Gasteiger partial charge in [-0.1, -0.05) is 0 Å². The molecule has 0 saturated carbocycles. The number of aromatic amines is 1. The van der Waals surface area contributed by atoms with Crippen LogP contribution < -0.4 is 5.56 Å². The molecule has 0 aliphatic heterocycles. The van der Waals surface area contributed by atoms with Crippen molar-refractivity contribution in [2.24, 2.45) is 0 Å². The zero-order valence-electron chi connectivity index (χ0n) is 8.06. The number of carboxylic acids is 1. The van der Waals surface area contributed by atoms with Crippen molar-refractivity contribution in [1.82, 2.24) is 9.97 Å². The molecule has 1 aromatic heterocycles. The standard InChI is InChI=1S/C9H12N2O4/c12-3-1-2-7-10-5-6(4-8(13)14)9(15)11-7/h5,12H,1-4H2,(H,13,14)(H,10,11,15). The summed E-state index contributed by atoms with van der Waals surface area (Å²) in [5.41, 5.74) is -0.296. The van der Waals surface area contributed by atoms with E-state index in [0.29, 0.717) is 18.7 Å². The number of rotatable bonds is 5. The summed E-state index contributed by atoms with van der Waals surface area (Å²) in [4.78, 5) is 28.1. The number of aliphatic hydroxyl groups is 1. The predicted molar refractivity (Wildman–Crippen MR) is 51.6 cm³/mol. The molecule has 0 radical (unpaired) electrons. The lowest BCUT2D eigenvalue weighted by molar-refractivity contribution is -0.136. The van der Waals surface area contributed by atoms with E-state index in [1.165, 1.54) is 6.20 Å². The minimum absolute atomic E-state index is 0.0284. The second-order valence-corrected chi connectivity index (χ2v) is 3.08. The van der Waals surface area contributed by atoms with Crippen LogP contribution in [0.3, 0.4) is 0 Å². The van der Waals surface area contributed by atoms with E-state index in [0.717, 1.165) is 0 Å². The molecule has 0 atom stereocenters. The van der Waals surface area contributed by atoms with E-state index in [1.807, 2.05) is 0 Å². The number of carbonyl (C=O) groups is 1. The number of aryl methyl sites for hydroxylation is 1. The molecule has 15 heavy (non-hydrogen) atoms. The van der Waals surface area contributed by atoms with Crippen molar-refractivity contribution in [3.63, 3.8) is 0 Å². The highest BCUT2D eigenvalue weighted by molar-refractivity contribution is 5.69. The van der Waals surface area contributed by atoms with E-state index in [9.17, 15) is 9.59 Å². The third-order valence-electron chi connectivity index (χ3n) is 1.84. The van der Waals surface area contributed by atoms with E-state index in [2.05, 4.69) is 9.97 Å². The monoisotopic (exact) mass is 212 g/mol. The van der Waals surface area contributed by atoms with Crippen molar-refractivity contribution < 1.29 is 15.0 Å². The van der Waals surface area contributed by atoms with Crippen LogP contribution in [-0.2, 0) is 17.6 Å². The maximum Gasteiger partial charge on any atom is 0.308 e. The highest BCUT2D eigenvalue weighted by atomic mass is 16.4. The Hall–Kier alpha value is -1.69. The lowest BCUT2D eigenvalue weighted by Gasteiger charge is -2.00. The maximum atomic E-state index is 11.3. The van der Waals surface area contributed by atoms with Gasteiger partial charge in [0, 0.05) is 24.8 Å². The summed E-state index contributed by atoms with van der Waals surface area (Å²) in [6, 6.07) is 0. The maximum absolute atomic E-state index is 11.3. The molecule has 0 aliphatic carbocycles. The van der Waals surface area contributed by atoms with Gasteiger partial charge in [0.05, 0.1) is 6.42 Å². The van der Waals surface area contributed by atoms with Crippen LogP contribution in [0.2, 0.25) is 0 Å². The molecule has 6 nitrogen and oxygen atoms in total. The molecule has 0 unspecified atom stereocenters. The first kappa shape index (κ1) is 11.4. The third-order valence-corrected chi connectivity index (χ3v) is 1.84. The van der Waals surface area contributed by atoms with Crippen LogP contribution in [0.25, 0.3) is 0 Å². The van der Waals surface area contributed by atoms with Crippen molar-refractivity contribution in [2.45, 2.75) is 19.3 Å². The summed E-state index contributed by atoms with van der Waals surface area (Å²) in [6.45, 7) is 0.0284. The van der Waals surface area contributed by atoms with Crippen LogP contribution in [0.4, 0.5) is 0 Å². The predicted octanol–water partition coefficient (Wildman–Crippen LogP) is -0.678. The number of carboxylic acid groups (broad SMARTS) is 1. The van der Waals surface area contributed by atoms with Gasteiger partial charge < -0.3 is 15.2 Å². The van der Waals surface area contributed by atoms with Crippen molar-refractivity contribution >= 4 is 5.97 Å². The normalized spacial score (nSPS) is 10.2. The van der Waals surface area contributed by atoms with Crippen LogP contribution in [0, 0.1) is 0 Å². The lowest BCUT2D eigenvalue weighted by atomic mass is 10.2. The van der Waals surface area contributed by atoms with Gasteiger partial charge in [-0.3, -0.25) is 9.59 Å². The molecule has 82 valence electrons. The Bertz CT molecular complexity index is 399. The second kappa shape index (κ2) is 5.26. The highest BCUT2D eigenvalue weighted by Crippen LogP contribution is 1.95. The van der Waals surface area contributed by atoms with Crippen LogP contribution >= 0.6 is 0 Å². The van der Waals surface area contributed by atoms with E-state index in [4.69, 9.17) is 10.2 Å². The van der Waals surface area contributed by atoms with Crippen LogP contribution in [0.5, 0.6) is 0 Å². The number of aromatic nitrogens is 2. The number of hydrogen-bond acceptors (Lipinski definition) is 4. The van der Waals surface area contributed by atoms with Crippen molar-refractivity contribution in [2.75, 3.05) is 6.61 Å². The number of aliphatic carboxylic acids is 1. The number of nitrogens with zero attached hydrogens (tertiary/aromatic N) is 1. The van der Waals surface area contributed by atoms with Gasteiger partial charge in [0.15, 0.2) is 0 Å². The average molecular weight is 212 g/mol. The number of nitrogens with one attached hydrogen (secondary N) is 1. The molecule has 0 bridgehead atoms. The van der Waals surface area contributed by atoms with Gasteiger partial charge in [-0.05, 0) is 6.42 Å². The van der Waals surface area contributed by atoms with Gasteiger partial charge in [-0.2, -0.15) is 0 Å². The zero-order valence-corrected chi connectivity index (χ0v) is 8.06. The molecular weight excluding hydrogens is 200 g/mol. The van der Waals surface area contributed by atoms with Gasteiger partial charge in [0.2, 0.25) is 0 Å². The summed E-state index contributed by atoms with van der Waals surface area (Å²) < 4.78 is 0. The molecule has 1 aromatic rings. The Morgan fingerprint density at radius 3 is 2.80 bits per heavy atom. The second-order valence-electron chi connectivity index (χ2n) is 3.08. The van der Waals surface area contributed by atoms with Crippen LogP contribution in [0.1, 0.15) is 17.8 Å². The third kappa shape index (κ3) is 3.51. The molecule has 0 aromatic carbocycles. The quantitative estimate of drug-likeness (QED) is 0.600. The molecule has 3 N–H and O–H groups in total. The van der Waals surface area contributed by atoms with Gasteiger partial charge in [-0.25, -0.2) is 4.98 Å². The molecule has 1 rings (SSSR count). The zero-order chi connectivity index (χ0) is 11.3. The van der Waals surface area contributed by atoms with E-state index >= 15 is 0 Å². The van der Waals surface area contributed by atoms with Gasteiger partial charge in [0.1, 0.15) is 5.82 Å². The first-order valence-electron chi connectivity index (χ1n) is 4.53. The highest BCUT2D eigenvalue weighted by Gasteiger charge is 2.06. The Kier molecular flexibility index (Phi) is 3.99. The summed E-state index contributed by atoms with van der Waals surface area (Å²) >= 11 is 0. The first-order valence-corrected chi connectivity index (χ1v) is 4.53. The first-order chi connectivity index (χ1) is 7.13. The molecule has 1 heterocycles. The van der Waals surface area contributed by atoms with E-state index in [-0.39, 0.29) is 18.6 Å². The van der Waals surface area contributed by atoms with Crippen LogP contribution in [-0.4, -0.2) is 32.8 Å². The smallest absolute Gasteiger partial charge is 0.308 e. The van der Waals surface area contributed by atoms with Crippen LogP contribution in [0.15, 0.2) is 11.0 Å². The Morgan fingerprint density at radius 2 is 2.27 bits per heavy atom. The molecule has 0 spiro atoms. The minimum Gasteiger partial charge on any atom is -0.481 e. The molecular formula is C9H12N2O4. The van der Waals surface area contributed by atoms with Gasteiger partial charge in [0.25, 0.3) is 5.56 Å². The lowest BCUT2D eigenvalue weighted by Crippen LogP contribution is -2.19. The van der Waals surface area contributed by atoms with Crippen molar-refractivity contribution in [3.8, 4) is 0 Å². The fraction of sp³-hybridized carbons (Fsp3) is 0.444. The SMILES string of the molecule is O=C(O)Cc1cnc(CCCO)[nH]c1=O. The summed E-state index contributed by atoms with van der Waals surface area (Å²) in [5, 5.41) is 17.1. The minimum atomic E-state index is -1.06. The number of hydrogen-bond donors (Lipinski definition) is 3. The molecule has 0 fully saturated rings. The molecule has 0 amide bonds. The Balaban J connectivity index is 2.79. The average Bonchev–Trinajstić information content (AvgIpc) is 2.18. The summed E-state index contributed by atoms with van der Waals surface area (Å²) in [6.07, 6.45) is 1.92. The fourth-order valence-corrected chi connectivity index (χ4v) is 1.12. The van der Waals surface area contributed by atoms with Gasteiger partial charge >= 0.3 is 5.97 Å². The van der Waals surface area contributed by atoms with Crippen molar-refractivity contribution in [3.05, 3.63) is 27.9 Å².